The Morgan fingerprint density at radius 2 is 2.07 bits per heavy atom. The maximum absolute atomic E-state index is 14.6. The van der Waals surface area contributed by atoms with Gasteiger partial charge in [-0.1, -0.05) is 12.1 Å². The lowest BCUT2D eigenvalue weighted by molar-refractivity contribution is -0.165. The second kappa shape index (κ2) is 5.59. The van der Waals surface area contributed by atoms with Crippen LogP contribution in [0.25, 0.3) is 10.9 Å². The van der Waals surface area contributed by atoms with Crippen LogP contribution >= 0.6 is 0 Å². The van der Waals surface area contributed by atoms with Gasteiger partial charge in [0.25, 0.3) is 11.5 Å². The van der Waals surface area contributed by atoms with Crippen molar-refractivity contribution in [3.63, 3.8) is 0 Å². The molecule has 27 heavy (non-hydrogen) atoms. The van der Waals surface area contributed by atoms with E-state index in [0.717, 1.165) is 6.42 Å². The van der Waals surface area contributed by atoms with Crippen molar-refractivity contribution in [3.05, 3.63) is 40.9 Å². The van der Waals surface area contributed by atoms with Gasteiger partial charge in [-0.15, -0.1) is 0 Å². The molecule has 0 spiro atoms. The number of aromatic nitrogens is 2. The lowest BCUT2D eigenvalue weighted by atomic mass is 9.78. The number of halogens is 2. The molecule has 1 aromatic carbocycles. The summed E-state index contributed by atoms with van der Waals surface area (Å²) >= 11 is 0. The van der Waals surface area contributed by atoms with E-state index in [1.165, 1.54) is 10.9 Å². The lowest BCUT2D eigenvalue weighted by Gasteiger charge is -2.35. The number of alkyl halides is 2. The number of esters is 1. The van der Waals surface area contributed by atoms with E-state index in [9.17, 15) is 18.4 Å². The summed E-state index contributed by atoms with van der Waals surface area (Å²) in [6.45, 7) is -0.0795. The number of ether oxygens (including phenoxy) is 1. The zero-order valence-corrected chi connectivity index (χ0v) is 14.7. The van der Waals surface area contributed by atoms with Crippen LogP contribution in [0.3, 0.4) is 0 Å². The van der Waals surface area contributed by atoms with Gasteiger partial charge in [-0.2, -0.15) is 0 Å². The molecule has 6 rings (SSSR count). The molecule has 0 radical (unpaired) electrons. The highest BCUT2D eigenvalue weighted by atomic mass is 19.3. The fraction of sp³-hybridized carbons (Fsp3) is 0.550. The smallest absolute Gasteiger partial charge is 0.307 e. The molecule has 0 saturated heterocycles. The van der Waals surface area contributed by atoms with E-state index in [1.807, 2.05) is 0 Å². The number of aryl methyl sites for hydroxylation is 1. The molecule has 0 amide bonds. The van der Waals surface area contributed by atoms with E-state index in [-0.39, 0.29) is 37.0 Å². The Balaban J connectivity index is 1.23. The predicted molar refractivity (Wildman–Crippen MR) is 93.3 cm³/mol. The van der Waals surface area contributed by atoms with Crippen LogP contribution in [0.4, 0.5) is 8.78 Å². The highest BCUT2D eigenvalue weighted by molar-refractivity contribution is 5.77. The van der Waals surface area contributed by atoms with E-state index >= 15 is 0 Å². The van der Waals surface area contributed by atoms with Crippen molar-refractivity contribution in [1.82, 2.24) is 9.55 Å². The summed E-state index contributed by atoms with van der Waals surface area (Å²) in [5, 5.41) is 0.481. The average Bonchev–Trinajstić information content (AvgIpc) is 3.29. The molecular formula is C20H20F2N2O3. The number of carbonyl (C=O) groups excluding carboxylic acids is 1. The summed E-state index contributed by atoms with van der Waals surface area (Å²) in [6.07, 6.45) is 3.33. The van der Waals surface area contributed by atoms with Crippen molar-refractivity contribution >= 4 is 16.9 Å². The maximum Gasteiger partial charge on any atom is 0.307 e. The Morgan fingerprint density at radius 1 is 1.26 bits per heavy atom. The third-order valence-electron chi connectivity index (χ3n) is 6.96. The number of benzene rings is 1. The molecule has 1 aromatic heterocycles. The summed E-state index contributed by atoms with van der Waals surface area (Å²) < 4.78 is 35.8. The van der Waals surface area contributed by atoms with Crippen LogP contribution in [0.5, 0.6) is 0 Å². The zero-order chi connectivity index (χ0) is 18.8. The van der Waals surface area contributed by atoms with Crippen molar-refractivity contribution in [2.24, 2.45) is 23.2 Å². The van der Waals surface area contributed by atoms with E-state index in [1.54, 1.807) is 24.3 Å². The minimum Gasteiger partial charge on any atom is -0.465 e. The number of carbonyl (C=O) groups is 1. The fourth-order valence-electron chi connectivity index (χ4n) is 5.51. The first-order valence-corrected chi connectivity index (χ1v) is 9.43. The second-order valence-electron chi connectivity index (χ2n) is 8.06. The summed E-state index contributed by atoms with van der Waals surface area (Å²) in [5.74, 6) is -3.81. The number of hydrogen-bond donors (Lipinski definition) is 0. The normalized spacial score (nSPS) is 32.4. The van der Waals surface area contributed by atoms with Gasteiger partial charge in [-0.3, -0.25) is 14.2 Å². The van der Waals surface area contributed by atoms with Crippen LogP contribution in [0, 0.1) is 23.2 Å². The standard InChI is InChI=1S/C20H20F2N2O3/c21-20(22)12-5-6-14-15(9-12)19(14,20)10-27-17(25)7-8-24-11-23-16-4-2-1-3-13(16)18(24)26/h1-4,11-12,14-15H,5-10H2. The van der Waals surface area contributed by atoms with Crippen molar-refractivity contribution in [1.29, 1.82) is 0 Å². The Hall–Kier alpha value is -2.31. The largest absolute Gasteiger partial charge is 0.465 e. The Kier molecular flexibility index (Phi) is 3.49. The van der Waals surface area contributed by atoms with Crippen LogP contribution < -0.4 is 5.56 Å². The number of hydrogen-bond acceptors (Lipinski definition) is 4. The first-order valence-electron chi connectivity index (χ1n) is 9.43. The van der Waals surface area contributed by atoms with Gasteiger partial charge in [-0.25, -0.2) is 13.8 Å². The molecule has 5 nitrogen and oxygen atoms in total. The topological polar surface area (TPSA) is 61.2 Å². The van der Waals surface area contributed by atoms with Crippen LogP contribution in [0.15, 0.2) is 35.4 Å². The first kappa shape index (κ1) is 16.8. The van der Waals surface area contributed by atoms with Crippen molar-refractivity contribution in [2.75, 3.05) is 6.61 Å². The first-order chi connectivity index (χ1) is 12.9. The fourth-order valence-corrected chi connectivity index (χ4v) is 5.51. The van der Waals surface area contributed by atoms with E-state index in [2.05, 4.69) is 4.98 Å². The van der Waals surface area contributed by atoms with Crippen LogP contribution in [0.1, 0.15) is 25.7 Å². The SMILES string of the molecule is O=C(CCn1cnc2ccccc2c1=O)OCC12C3CCC(CC31)C2(F)F. The number of nitrogens with zero attached hydrogens (tertiary/aromatic N) is 2. The molecule has 1 heterocycles. The van der Waals surface area contributed by atoms with Gasteiger partial charge in [0.1, 0.15) is 6.61 Å². The van der Waals surface area contributed by atoms with Crippen LogP contribution in [-0.4, -0.2) is 28.0 Å². The van der Waals surface area contributed by atoms with E-state index < -0.39 is 23.2 Å². The van der Waals surface area contributed by atoms with E-state index in [0.29, 0.717) is 23.7 Å². The van der Waals surface area contributed by atoms with Gasteiger partial charge < -0.3 is 4.74 Å². The molecule has 4 bridgehead atoms. The molecule has 4 atom stereocenters. The number of rotatable bonds is 5. The molecule has 0 N–H and O–H groups in total. The zero-order valence-electron chi connectivity index (χ0n) is 14.7. The number of fused-ring (bicyclic) bond motifs is 2. The van der Waals surface area contributed by atoms with Gasteiger partial charge in [0.05, 0.1) is 29.1 Å². The van der Waals surface area contributed by atoms with E-state index in [4.69, 9.17) is 4.74 Å². The average molecular weight is 374 g/mol. The third kappa shape index (κ3) is 2.23. The van der Waals surface area contributed by atoms with Crippen molar-refractivity contribution < 1.29 is 18.3 Å². The Bertz CT molecular complexity index is 983. The lowest BCUT2D eigenvalue weighted by Crippen LogP contribution is -2.42. The van der Waals surface area contributed by atoms with Crippen molar-refractivity contribution in [2.45, 2.75) is 38.2 Å². The Morgan fingerprint density at radius 3 is 2.81 bits per heavy atom. The monoisotopic (exact) mass is 374 g/mol. The predicted octanol–water partition coefficient (Wildman–Crippen LogP) is 3.01. The Labute approximate surface area is 154 Å². The van der Waals surface area contributed by atoms with Crippen LogP contribution in [-0.2, 0) is 16.1 Å². The van der Waals surface area contributed by atoms with Gasteiger partial charge in [0, 0.05) is 12.5 Å². The van der Waals surface area contributed by atoms with Gasteiger partial charge in [0.2, 0.25) is 0 Å². The summed E-state index contributed by atoms with van der Waals surface area (Å²) in [4.78, 5) is 28.7. The molecule has 4 aliphatic rings. The summed E-state index contributed by atoms with van der Waals surface area (Å²) in [5.41, 5.74) is -0.750. The van der Waals surface area contributed by atoms with Gasteiger partial charge >= 0.3 is 5.97 Å². The molecule has 4 unspecified atom stereocenters. The number of para-hydroxylation sites is 1. The van der Waals surface area contributed by atoms with Crippen LogP contribution in [0.2, 0.25) is 0 Å². The molecule has 4 aliphatic carbocycles. The molecule has 4 fully saturated rings. The molecule has 2 aromatic rings. The third-order valence-corrected chi connectivity index (χ3v) is 6.96. The van der Waals surface area contributed by atoms with Crippen molar-refractivity contribution in [3.8, 4) is 0 Å². The highest BCUT2D eigenvalue weighted by Crippen LogP contribution is 2.81. The highest BCUT2D eigenvalue weighted by Gasteiger charge is 2.85. The second-order valence-corrected chi connectivity index (χ2v) is 8.06. The maximum atomic E-state index is 14.6. The van der Waals surface area contributed by atoms with Gasteiger partial charge in [0.15, 0.2) is 0 Å². The quantitative estimate of drug-likeness (QED) is 0.755. The molecule has 0 aliphatic heterocycles. The molecule has 4 saturated carbocycles. The minimum absolute atomic E-state index is 0.00222. The summed E-state index contributed by atoms with van der Waals surface area (Å²) in [7, 11) is 0. The van der Waals surface area contributed by atoms with Gasteiger partial charge in [-0.05, 0) is 43.2 Å². The minimum atomic E-state index is -2.72. The molecular weight excluding hydrogens is 354 g/mol. The molecule has 142 valence electrons. The summed E-state index contributed by atoms with van der Waals surface area (Å²) in [6, 6.07) is 6.98. The molecule has 7 heteroatoms.